The normalized spacial score (nSPS) is 24.6. The Morgan fingerprint density at radius 3 is 2.70 bits per heavy atom. The SMILES string of the molecule is CC(NC(=O)C1(C(F)(F)F)CCNC1)c1ccc(Cl)s1. The second kappa shape index (κ2) is 5.54. The summed E-state index contributed by atoms with van der Waals surface area (Å²) in [4.78, 5) is 12.8. The van der Waals surface area contributed by atoms with E-state index < -0.39 is 23.5 Å². The molecule has 0 bridgehead atoms. The zero-order chi connectivity index (χ0) is 15.0. The summed E-state index contributed by atoms with van der Waals surface area (Å²) in [5.74, 6) is -0.980. The van der Waals surface area contributed by atoms with Gasteiger partial charge in [-0.25, -0.2) is 0 Å². The van der Waals surface area contributed by atoms with Crippen LogP contribution in [0.3, 0.4) is 0 Å². The van der Waals surface area contributed by atoms with Gasteiger partial charge in [0.25, 0.3) is 0 Å². The highest BCUT2D eigenvalue weighted by molar-refractivity contribution is 7.16. The molecule has 0 aliphatic carbocycles. The highest BCUT2D eigenvalue weighted by Crippen LogP contribution is 2.43. The first-order valence-corrected chi connectivity index (χ1v) is 7.29. The molecule has 3 nitrogen and oxygen atoms in total. The lowest BCUT2D eigenvalue weighted by Crippen LogP contribution is -2.52. The fourth-order valence-electron chi connectivity index (χ4n) is 2.22. The number of alkyl halides is 3. The first-order valence-electron chi connectivity index (χ1n) is 6.10. The lowest BCUT2D eigenvalue weighted by molar-refractivity contribution is -0.216. The van der Waals surface area contributed by atoms with Crippen LogP contribution in [0.5, 0.6) is 0 Å². The Balaban J connectivity index is 2.14. The van der Waals surface area contributed by atoms with E-state index in [1.165, 1.54) is 11.3 Å². The molecule has 8 heteroatoms. The predicted octanol–water partition coefficient (Wildman–Crippen LogP) is 3.12. The standard InChI is InChI=1S/C12H14ClF3N2OS/c1-7(8-2-3-9(13)20-8)18-10(19)11(12(14,15)16)4-5-17-6-11/h2-3,7,17H,4-6H2,1H3,(H,18,19). The molecular weight excluding hydrogens is 313 g/mol. The molecule has 20 heavy (non-hydrogen) atoms. The molecule has 2 rings (SSSR count). The topological polar surface area (TPSA) is 41.1 Å². The second-order valence-corrected chi connectivity index (χ2v) is 6.59. The summed E-state index contributed by atoms with van der Waals surface area (Å²) < 4.78 is 40.1. The average molecular weight is 327 g/mol. The van der Waals surface area contributed by atoms with Gasteiger partial charge in [-0.05, 0) is 32.0 Å². The third kappa shape index (κ3) is 2.80. The van der Waals surface area contributed by atoms with Crippen molar-refractivity contribution in [3.05, 3.63) is 21.3 Å². The van der Waals surface area contributed by atoms with Gasteiger partial charge in [0.15, 0.2) is 5.41 Å². The van der Waals surface area contributed by atoms with Crippen molar-refractivity contribution in [2.75, 3.05) is 13.1 Å². The van der Waals surface area contributed by atoms with Crippen LogP contribution in [0.15, 0.2) is 12.1 Å². The quantitative estimate of drug-likeness (QED) is 0.896. The Kier molecular flexibility index (Phi) is 4.32. The number of hydrogen-bond acceptors (Lipinski definition) is 3. The van der Waals surface area contributed by atoms with Crippen molar-refractivity contribution >= 4 is 28.8 Å². The van der Waals surface area contributed by atoms with Gasteiger partial charge in [-0.15, -0.1) is 11.3 Å². The molecule has 1 aromatic heterocycles. The van der Waals surface area contributed by atoms with Crippen LogP contribution >= 0.6 is 22.9 Å². The average Bonchev–Trinajstić information content (AvgIpc) is 2.96. The molecule has 0 saturated carbocycles. The smallest absolute Gasteiger partial charge is 0.348 e. The lowest BCUT2D eigenvalue weighted by Gasteiger charge is -2.30. The van der Waals surface area contributed by atoms with E-state index in [0.717, 1.165) is 4.88 Å². The van der Waals surface area contributed by atoms with Crippen molar-refractivity contribution in [2.24, 2.45) is 5.41 Å². The van der Waals surface area contributed by atoms with Gasteiger partial charge in [-0.1, -0.05) is 11.6 Å². The van der Waals surface area contributed by atoms with E-state index in [0.29, 0.717) is 4.34 Å². The van der Waals surface area contributed by atoms with Gasteiger partial charge in [-0.2, -0.15) is 13.2 Å². The minimum absolute atomic E-state index is 0.187. The fraction of sp³-hybridized carbons (Fsp3) is 0.583. The van der Waals surface area contributed by atoms with E-state index >= 15 is 0 Å². The molecule has 1 fully saturated rings. The molecular formula is C12H14ClF3N2OS. The van der Waals surface area contributed by atoms with E-state index in [9.17, 15) is 18.0 Å². The maximum Gasteiger partial charge on any atom is 0.404 e. The van der Waals surface area contributed by atoms with Crippen molar-refractivity contribution in [3.63, 3.8) is 0 Å². The molecule has 2 N–H and O–H groups in total. The number of nitrogens with one attached hydrogen (secondary N) is 2. The van der Waals surface area contributed by atoms with Crippen molar-refractivity contribution in [3.8, 4) is 0 Å². The summed E-state index contributed by atoms with van der Waals surface area (Å²) in [5.41, 5.74) is -2.33. The highest BCUT2D eigenvalue weighted by atomic mass is 35.5. The van der Waals surface area contributed by atoms with Crippen LogP contribution < -0.4 is 10.6 Å². The van der Waals surface area contributed by atoms with Gasteiger partial charge in [0.05, 0.1) is 10.4 Å². The molecule has 0 radical (unpaired) electrons. The summed E-state index contributed by atoms with van der Waals surface area (Å²) in [6, 6.07) is 2.85. The van der Waals surface area contributed by atoms with Gasteiger partial charge < -0.3 is 10.6 Å². The molecule has 0 spiro atoms. The minimum Gasteiger partial charge on any atom is -0.348 e. The van der Waals surface area contributed by atoms with Crippen molar-refractivity contribution < 1.29 is 18.0 Å². The van der Waals surface area contributed by atoms with E-state index in [-0.39, 0.29) is 19.5 Å². The first kappa shape index (κ1) is 15.6. The molecule has 1 saturated heterocycles. The molecule has 1 aliphatic heterocycles. The van der Waals surface area contributed by atoms with E-state index in [2.05, 4.69) is 10.6 Å². The summed E-state index contributed by atoms with van der Waals surface area (Å²) in [7, 11) is 0. The summed E-state index contributed by atoms with van der Waals surface area (Å²) >= 11 is 7.02. The number of amides is 1. The molecule has 0 aromatic carbocycles. The largest absolute Gasteiger partial charge is 0.404 e. The second-order valence-electron chi connectivity index (χ2n) is 4.84. The Labute approximate surface area is 123 Å². The van der Waals surface area contributed by atoms with E-state index in [1.54, 1.807) is 19.1 Å². The van der Waals surface area contributed by atoms with Gasteiger partial charge in [0.1, 0.15) is 0 Å². The van der Waals surface area contributed by atoms with Crippen LogP contribution in [0.2, 0.25) is 4.34 Å². The lowest BCUT2D eigenvalue weighted by atomic mass is 9.85. The molecule has 2 atom stereocenters. The van der Waals surface area contributed by atoms with Crippen LogP contribution in [0.25, 0.3) is 0 Å². The number of thiophene rings is 1. The third-order valence-corrected chi connectivity index (χ3v) is 4.91. The van der Waals surface area contributed by atoms with Crippen molar-refractivity contribution in [2.45, 2.75) is 25.6 Å². The first-order chi connectivity index (χ1) is 9.26. The summed E-state index contributed by atoms with van der Waals surface area (Å²) in [5, 5.41) is 5.07. The fourth-order valence-corrected chi connectivity index (χ4v) is 3.29. The highest BCUT2D eigenvalue weighted by Gasteiger charge is 2.61. The van der Waals surface area contributed by atoms with Crippen LogP contribution in [0.4, 0.5) is 13.2 Å². The minimum atomic E-state index is -4.56. The Morgan fingerprint density at radius 2 is 2.25 bits per heavy atom. The van der Waals surface area contributed by atoms with Crippen LogP contribution in [-0.4, -0.2) is 25.2 Å². The van der Waals surface area contributed by atoms with Crippen molar-refractivity contribution in [1.82, 2.24) is 10.6 Å². The molecule has 112 valence electrons. The molecule has 2 unspecified atom stereocenters. The van der Waals surface area contributed by atoms with E-state index in [1.807, 2.05) is 0 Å². The summed E-state index contributed by atoms with van der Waals surface area (Å²) in [6.45, 7) is 1.46. The molecule has 1 amide bonds. The number of hydrogen-bond donors (Lipinski definition) is 2. The van der Waals surface area contributed by atoms with Gasteiger partial charge >= 0.3 is 6.18 Å². The molecule has 1 aromatic rings. The predicted molar refractivity (Wildman–Crippen MR) is 71.9 cm³/mol. The third-order valence-electron chi connectivity index (χ3n) is 3.50. The van der Waals surface area contributed by atoms with Crippen LogP contribution in [0, 0.1) is 5.41 Å². The zero-order valence-corrected chi connectivity index (χ0v) is 12.3. The Bertz CT molecular complexity index is 497. The number of halogens is 4. The maximum absolute atomic E-state index is 13.2. The molecule has 1 aliphatic rings. The monoisotopic (exact) mass is 326 g/mol. The number of carbonyl (C=O) groups is 1. The number of carbonyl (C=O) groups excluding carboxylic acids is 1. The molecule has 2 heterocycles. The number of rotatable bonds is 3. The Hall–Kier alpha value is -0.790. The van der Waals surface area contributed by atoms with Gasteiger partial charge in [0.2, 0.25) is 5.91 Å². The van der Waals surface area contributed by atoms with Crippen LogP contribution in [-0.2, 0) is 4.79 Å². The maximum atomic E-state index is 13.2. The Morgan fingerprint density at radius 1 is 1.55 bits per heavy atom. The van der Waals surface area contributed by atoms with Gasteiger partial charge in [0, 0.05) is 11.4 Å². The van der Waals surface area contributed by atoms with Crippen molar-refractivity contribution in [1.29, 1.82) is 0 Å². The summed E-state index contributed by atoms with van der Waals surface area (Å²) in [6.07, 6.45) is -4.80. The van der Waals surface area contributed by atoms with Gasteiger partial charge in [-0.3, -0.25) is 4.79 Å². The zero-order valence-electron chi connectivity index (χ0n) is 10.7. The van der Waals surface area contributed by atoms with E-state index in [4.69, 9.17) is 11.6 Å². The van der Waals surface area contributed by atoms with Crippen LogP contribution in [0.1, 0.15) is 24.3 Å².